The zero-order chi connectivity index (χ0) is 18.3. The second-order valence-corrected chi connectivity index (χ2v) is 6.27. The Morgan fingerprint density at radius 2 is 1.46 bits per heavy atom. The first kappa shape index (κ1) is 16.4. The van der Waals surface area contributed by atoms with E-state index in [1.54, 1.807) is 24.3 Å². The van der Waals surface area contributed by atoms with E-state index < -0.39 is 0 Å². The van der Waals surface area contributed by atoms with Crippen LogP contribution in [0.3, 0.4) is 0 Å². The smallest absolute Gasteiger partial charge is 0.200 e. The molecule has 1 aromatic heterocycles. The summed E-state index contributed by atoms with van der Waals surface area (Å²) in [5.41, 5.74) is 2.91. The predicted molar refractivity (Wildman–Crippen MR) is 100.0 cm³/mol. The van der Waals surface area contributed by atoms with Gasteiger partial charge in [0.05, 0.1) is 16.0 Å². The molecule has 0 aliphatic carbocycles. The van der Waals surface area contributed by atoms with Gasteiger partial charge in [0.15, 0.2) is 0 Å². The lowest BCUT2D eigenvalue weighted by atomic mass is 10.0. The van der Waals surface area contributed by atoms with E-state index in [9.17, 15) is 14.3 Å². The lowest BCUT2D eigenvalue weighted by molar-refractivity contribution is 0.474. The fourth-order valence-corrected chi connectivity index (χ4v) is 2.99. The molecule has 5 heteroatoms. The van der Waals surface area contributed by atoms with Gasteiger partial charge in [0.2, 0.25) is 5.43 Å². The van der Waals surface area contributed by atoms with E-state index in [-0.39, 0.29) is 27.6 Å². The average molecular weight is 367 g/mol. The minimum Gasteiger partial charge on any atom is -0.506 e. The molecule has 4 rings (SSSR count). The maximum Gasteiger partial charge on any atom is 0.200 e. The molecule has 0 atom stereocenters. The number of benzene rings is 3. The zero-order valence-corrected chi connectivity index (χ0v) is 14.1. The standard InChI is InChI=1S/C21H12ClFO3/c22-18-9-16-20(10-19(18)24)26-11-17(21(16)25)14-3-1-12(2-4-14)13-5-7-15(23)8-6-13/h1-11,24H. The summed E-state index contributed by atoms with van der Waals surface area (Å²) in [7, 11) is 0. The number of fused-ring (bicyclic) bond motifs is 1. The van der Waals surface area contributed by atoms with Crippen molar-refractivity contribution in [2.24, 2.45) is 0 Å². The zero-order valence-electron chi connectivity index (χ0n) is 13.4. The van der Waals surface area contributed by atoms with Crippen molar-refractivity contribution in [3.8, 4) is 28.0 Å². The van der Waals surface area contributed by atoms with Gasteiger partial charge in [0, 0.05) is 6.07 Å². The van der Waals surface area contributed by atoms with Gasteiger partial charge >= 0.3 is 0 Å². The Labute approximate surface area is 152 Å². The Kier molecular flexibility index (Phi) is 3.98. The van der Waals surface area contributed by atoms with Crippen molar-refractivity contribution in [1.29, 1.82) is 0 Å². The third-order valence-electron chi connectivity index (χ3n) is 4.22. The molecule has 0 saturated carbocycles. The number of phenols is 1. The Hall–Kier alpha value is -3.11. The number of aromatic hydroxyl groups is 1. The Morgan fingerprint density at radius 3 is 2.12 bits per heavy atom. The van der Waals surface area contributed by atoms with Crippen molar-refractivity contribution in [2.75, 3.05) is 0 Å². The molecule has 0 aliphatic heterocycles. The predicted octanol–water partition coefficient (Wildman–Crippen LogP) is 5.63. The minimum atomic E-state index is -0.288. The molecule has 0 amide bonds. The van der Waals surface area contributed by atoms with Gasteiger partial charge in [-0.2, -0.15) is 0 Å². The summed E-state index contributed by atoms with van der Waals surface area (Å²) in [5.74, 6) is -0.428. The summed E-state index contributed by atoms with van der Waals surface area (Å²) in [6.07, 6.45) is 1.37. The molecule has 0 saturated heterocycles. The third-order valence-corrected chi connectivity index (χ3v) is 4.52. The van der Waals surface area contributed by atoms with Crippen molar-refractivity contribution in [2.45, 2.75) is 0 Å². The summed E-state index contributed by atoms with van der Waals surface area (Å²) in [6.45, 7) is 0. The van der Waals surface area contributed by atoms with Crippen LogP contribution in [-0.4, -0.2) is 5.11 Å². The van der Waals surface area contributed by atoms with Crippen molar-refractivity contribution < 1.29 is 13.9 Å². The van der Waals surface area contributed by atoms with E-state index in [0.29, 0.717) is 16.5 Å². The molecule has 1 heterocycles. The lowest BCUT2D eigenvalue weighted by Crippen LogP contribution is -2.04. The first-order chi connectivity index (χ1) is 12.5. The molecule has 0 aliphatic rings. The van der Waals surface area contributed by atoms with Crippen LogP contribution < -0.4 is 5.43 Å². The van der Waals surface area contributed by atoms with Crippen molar-refractivity contribution in [3.63, 3.8) is 0 Å². The van der Waals surface area contributed by atoms with Gasteiger partial charge in [-0.3, -0.25) is 4.79 Å². The maximum atomic E-state index is 13.0. The topological polar surface area (TPSA) is 50.4 Å². The first-order valence-corrected chi connectivity index (χ1v) is 8.21. The minimum absolute atomic E-state index is 0.0913. The van der Waals surface area contributed by atoms with Crippen LogP contribution in [-0.2, 0) is 0 Å². The van der Waals surface area contributed by atoms with E-state index in [1.165, 1.54) is 30.5 Å². The van der Waals surface area contributed by atoms with Crippen molar-refractivity contribution >= 4 is 22.6 Å². The van der Waals surface area contributed by atoms with Crippen LogP contribution in [0.15, 0.2) is 76.1 Å². The highest BCUT2D eigenvalue weighted by atomic mass is 35.5. The van der Waals surface area contributed by atoms with Gasteiger partial charge in [-0.15, -0.1) is 0 Å². The second kappa shape index (κ2) is 6.32. The van der Waals surface area contributed by atoms with Crippen LogP contribution in [0, 0.1) is 5.82 Å². The Bertz CT molecular complexity index is 1160. The van der Waals surface area contributed by atoms with Crippen LogP contribution in [0.2, 0.25) is 5.02 Å². The monoisotopic (exact) mass is 366 g/mol. The molecule has 0 unspecified atom stereocenters. The van der Waals surface area contributed by atoms with E-state index in [4.69, 9.17) is 16.0 Å². The lowest BCUT2D eigenvalue weighted by Gasteiger charge is -2.06. The SMILES string of the molecule is O=c1c(-c2ccc(-c3ccc(F)cc3)cc2)coc2cc(O)c(Cl)cc12. The number of hydrogen-bond acceptors (Lipinski definition) is 3. The number of hydrogen-bond donors (Lipinski definition) is 1. The first-order valence-electron chi connectivity index (χ1n) is 7.83. The van der Waals surface area contributed by atoms with Gasteiger partial charge in [0.1, 0.15) is 23.4 Å². The largest absolute Gasteiger partial charge is 0.506 e. The highest BCUT2D eigenvalue weighted by Crippen LogP contribution is 2.29. The van der Waals surface area contributed by atoms with Gasteiger partial charge in [0.25, 0.3) is 0 Å². The second-order valence-electron chi connectivity index (χ2n) is 5.86. The van der Waals surface area contributed by atoms with Crippen LogP contribution >= 0.6 is 11.6 Å². The molecule has 4 aromatic rings. The van der Waals surface area contributed by atoms with E-state index >= 15 is 0 Å². The molecular weight excluding hydrogens is 355 g/mol. The van der Waals surface area contributed by atoms with Gasteiger partial charge in [-0.25, -0.2) is 4.39 Å². The maximum absolute atomic E-state index is 13.0. The molecule has 0 bridgehead atoms. The molecule has 3 aromatic carbocycles. The van der Waals surface area contributed by atoms with Crippen molar-refractivity contribution in [3.05, 3.63) is 88.0 Å². The Balaban J connectivity index is 1.78. The third kappa shape index (κ3) is 2.85. The molecule has 0 spiro atoms. The summed E-state index contributed by atoms with van der Waals surface area (Å²) < 4.78 is 18.5. The highest BCUT2D eigenvalue weighted by molar-refractivity contribution is 6.32. The number of phenolic OH excluding ortho intramolecular Hbond substituents is 1. The summed E-state index contributed by atoms with van der Waals surface area (Å²) in [6, 6.07) is 16.2. The number of rotatable bonds is 2. The van der Waals surface area contributed by atoms with Gasteiger partial charge < -0.3 is 9.52 Å². The van der Waals surface area contributed by atoms with Crippen LogP contribution in [0.4, 0.5) is 4.39 Å². The molecule has 128 valence electrons. The molecule has 3 nitrogen and oxygen atoms in total. The van der Waals surface area contributed by atoms with Crippen LogP contribution in [0.1, 0.15) is 0 Å². The van der Waals surface area contributed by atoms with Gasteiger partial charge in [-0.05, 0) is 34.9 Å². The molecular formula is C21H12ClFO3. The Morgan fingerprint density at radius 1 is 0.885 bits per heavy atom. The normalized spacial score (nSPS) is 11.0. The molecule has 0 radical (unpaired) electrons. The molecule has 1 N–H and O–H groups in total. The summed E-state index contributed by atoms with van der Waals surface area (Å²) >= 11 is 5.90. The van der Waals surface area contributed by atoms with E-state index in [1.807, 2.05) is 12.1 Å². The van der Waals surface area contributed by atoms with Crippen LogP contribution in [0.5, 0.6) is 5.75 Å². The van der Waals surface area contributed by atoms with Crippen molar-refractivity contribution in [1.82, 2.24) is 0 Å². The van der Waals surface area contributed by atoms with Crippen LogP contribution in [0.25, 0.3) is 33.2 Å². The molecule has 26 heavy (non-hydrogen) atoms. The van der Waals surface area contributed by atoms with E-state index in [2.05, 4.69) is 0 Å². The van der Waals surface area contributed by atoms with E-state index in [0.717, 1.165) is 11.1 Å². The highest BCUT2D eigenvalue weighted by Gasteiger charge is 2.12. The quantitative estimate of drug-likeness (QED) is 0.500. The molecule has 0 fully saturated rings. The fraction of sp³-hybridized carbons (Fsp3) is 0. The fourth-order valence-electron chi connectivity index (χ4n) is 2.82. The number of halogens is 2. The summed E-state index contributed by atoms with van der Waals surface area (Å²) in [5, 5.41) is 10.0. The summed E-state index contributed by atoms with van der Waals surface area (Å²) in [4.78, 5) is 12.7. The average Bonchev–Trinajstić information content (AvgIpc) is 2.65. The van der Waals surface area contributed by atoms with Gasteiger partial charge in [-0.1, -0.05) is 48.0 Å².